The second-order valence-corrected chi connectivity index (χ2v) is 92.5. The number of aromatic nitrogens is 5. The van der Waals surface area contributed by atoms with Gasteiger partial charge in [0.2, 0.25) is 0 Å². The predicted molar refractivity (Wildman–Crippen MR) is 493 cm³/mol. The van der Waals surface area contributed by atoms with Crippen LogP contribution in [0.25, 0.3) is 56.3 Å². The molecule has 0 fully saturated rings. The van der Waals surface area contributed by atoms with E-state index in [1.807, 2.05) is 0 Å². The third-order valence-electron chi connectivity index (χ3n) is 21.5. The molecule has 10 heteroatoms. The summed E-state index contributed by atoms with van der Waals surface area (Å²) >= 11 is -9.14. The van der Waals surface area contributed by atoms with E-state index in [9.17, 15) is 0 Å². The fourth-order valence-electron chi connectivity index (χ4n) is 15.0. The number of aryl methyl sites for hydroxylation is 14. The van der Waals surface area contributed by atoms with E-state index in [0.717, 1.165) is 12.8 Å². The second-order valence-electron chi connectivity index (χ2n) is 39.5. The Morgan fingerprint density at radius 1 is 0.294 bits per heavy atom. The molecule has 0 amide bonds. The third kappa shape index (κ3) is 25.5. The zero-order valence-electron chi connectivity index (χ0n) is 76.0. The van der Waals surface area contributed by atoms with Crippen LogP contribution in [0.5, 0.6) is 0 Å². The molecule has 5 aromatic carbocycles. The fourth-order valence-corrected chi connectivity index (χ4v) is 31.3. The van der Waals surface area contributed by atoms with Crippen molar-refractivity contribution in [1.82, 2.24) is 0 Å². The maximum atomic E-state index is 2.48. The first-order valence-electron chi connectivity index (χ1n) is 40.6. The van der Waals surface area contributed by atoms with Gasteiger partial charge in [0.1, 0.15) is 0 Å². The van der Waals surface area contributed by atoms with E-state index in [1.165, 1.54) is 129 Å². The molecule has 5 aromatic heterocycles. The SMILES string of the molecule is Cc1cc(C(C)(C)C)ccc1-c1c[c]([Ge]([CH3])([CH3])[CH3])cc[n+]1C.Cc1cc(CC(C)C)ccc1-c1c[c]([Ge]([CH3])([CH3])[CH3])cc[n+]1C.Cc1ccc(C(C)C)cc1-c1c[c]([Ge]([CH3])([CH3])[CH3])c(C)c[n+]1C.Cc1ccc(C)c(-c2c[c]([Ge]([CH3])([CH3])[CH3])c(C)c[n+]2C)c1.Cc1ccc(CC(C)C)cc1-c1c[c]([Ge]([CH3])([CH3])[CH3])c(C)c[n+]1C. The van der Waals surface area contributed by atoms with Gasteiger partial charge in [0.25, 0.3) is 0 Å². The van der Waals surface area contributed by atoms with E-state index in [2.05, 4.69) is 433 Å². The van der Waals surface area contributed by atoms with Gasteiger partial charge in [-0.25, -0.2) is 0 Å². The minimum absolute atomic E-state index is 0.202. The van der Waals surface area contributed by atoms with Gasteiger partial charge in [-0.1, -0.05) is 0 Å². The summed E-state index contributed by atoms with van der Waals surface area (Å²) < 4.78 is 19.3. The summed E-state index contributed by atoms with van der Waals surface area (Å²) in [5.74, 6) is 39.0. The summed E-state index contributed by atoms with van der Waals surface area (Å²) in [6.45, 7) is 40.5. The van der Waals surface area contributed by atoms with E-state index >= 15 is 0 Å². The first-order valence-corrected chi connectivity index (χ1v) is 77.3. The molecule has 0 aliphatic rings. The Kier molecular flexibility index (Phi) is 32.0. The van der Waals surface area contributed by atoms with Crippen LogP contribution in [0, 0.1) is 74.1 Å². The number of rotatable bonds is 15. The second kappa shape index (κ2) is 37.7. The van der Waals surface area contributed by atoms with Crippen molar-refractivity contribution in [3.63, 3.8) is 0 Å². The number of benzene rings is 5. The Bertz CT molecular complexity index is 4820. The van der Waals surface area contributed by atoms with Crippen molar-refractivity contribution in [3.8, 4) is 56.3 Å². The molecule has 0 atom stereocenters. The fraction of sp³-hybridized carbons (Fsp3) is 0.444. The molecule has 584 valence electrons. The van der Waals surface area contributed by atoms with Gasteiger partial charge < -0.3 is 0 Å². The average Bonchev–Trinajstić information content (AvgIpc) is 0.808. The molecule has 0 radical (unpaired) electrons. The van der Waals surface area contributed by atoms with Gasteiger partial charge in [-0.2, -0.15) is 0 Å². The molecule has 10 rings (SSSR count). The predicted octanol–water partition coefficient (Wildman–Crippen LogP) is 21.2. The van der Waals surface area contributed by atoms with Gasteiger partial charge in [-0.3, -0.25) is 0 Å². The van der Waals surface area contributed by atoms with Crippen molar-refractivity contribution < 1.29 is 22.8 Å². The van der Waals surface area contributed by atoms with Gasteiger partial charge in [0.15, 0.2) is 0 Å². The molecular formula is C99H148Ge5N5+5. The minimum atomic E-state index is -1.86. The summed E-state index contributed by atoms with van der Waals surface area (Å²) in [6, 6.07) is 51.3. The molecule has 0 aliphatic carbocycles. The van der Waals surface area contributed by atoms with Crippen LogP contribution >= 0.6 is 0 Å². The maximum absolute atomic E-state index is 2.48. The molecule has 5 nitrogen and oxygen atoms in total. The van der Waals surface area contributed by atoms with E-state index in [0.29, 0.717) is 17.8 Å². The van der Waals surface area contributed by atoms with Crippen molar-refractivity contribution in [3.05, 3.63) is 237 Å². The van der Waals surface area contributed by atoms with Gasteiger partial charge >= 0.3 is 686 Å². The zero-order valence-corrected chi connectivity index (χ0v) is 86.5. The van der Waals surface area contributed by atoms with Crippen LogP contribution in [0.2, 0.25) is 86.3 Å². The number of hydrogen-bond acceptors (Lipinski definition) is 0. The Morgan fingerprint density at radius 2 is 0.624 bits per heavy atom. The van der Waals surface area contributed by atoms with Crippen LogP contribution in [0.15, 0.2) is 164 Å². The molecule has 0 aliphatic heterocycles. The van der Waals surface area contributed by atoms with Gasteiger partial charge in [0, 0.05) is 0 Å². The summed E-state index contributed by atoms with van der Waals surface area (Å²) in [7, 11) is 10.8. The number of pyridine rings is 5. The monoisotopic (exact) mass is 1780 g/mol. The Hall–Kier alpha value is -5.44. The molecule has 0 bridgehead atoms. The van der Waals surface area contributed by atoms with Crippen molar-refractivity contribution in [2.24, 2.45) is 47.1 Å². The van der Waals surface area contributed by atoms with Crippen molar-refractivity contribution in [2.75, 3.05) is 0 Å². The van der Waals surface area contributed by atoms with E-state index in [1.54, 1.807) is 22.0 Å². The van der Waals surface area contributed by atoms with Crippen LogP contribution in [0.1, 0.15) is 141 Å². The van der Waals surface area contributed by atoms with Gasteiger partial charge in [0.05, 0.1) is 0 Å². The van der Waals surface area contributed by atoms with Crippen LogP contribution in [-0.4, -0.2) is 66.3 Å². The zero-order chi connectivity index (χ0) is 82.3. The number of nitrogens with zero attached hydrogens (tertiary/aromatic N) is 5. The summed E-state index contributed by atoms with van der Waals surface area (Å²) in [6.07, 6.45) is 13.7. The topological polar surface area (TPSA) is 19.4 Å². The summed E-state index contributed by atoms with van der Waals surface area (Å²) in [4.78, 5) is 0. The van der Waals surface area contributed by atoms with Crippen molar-refractivity contribution in [2.45, 2.75) is 235 Å². The van der Waals surface area contributed by atoms with Crippen LogP contribution in [-0.2, 0) is 53.5 Å². The quantitative estimate of drug-likeness (QED) is 0.0720. The standard InChI is InChI=1S/C21H32GeN.3C20H30GeN.C18H26GeN/c1-15(2)11-18-10-9-16(3)19(12-18)21-13-20(22(5,6)7)17(4)14-23(21)8;1-14(2)17-10-9-15(3)18(11-17)20-12-19(21(5,6)7)16(4)13-22(20)8;1-15-13-16(20(2,3)4)9-10-18(15)19-14-17(21(5,6)7)11-12-22(19)8;1-15(2)12-17-8-9-19(16(3)13-17)20-14-18(21(4,5)6)10-11-22(20)7;1-13-8-9-14(2)16(10-13)18-11-17(19(4,5)6)15(3)12-20(18)7/h9-10,12-15H,11H2,1-8H3;2*9-14H,1-8H3;8-11,13-15H,12H2,1-7H3;8-12H,1-7H3/q5*+1. The van der Waals surface area contributed by atoms with Crippen LogP contribution in [0.3, 0.4) is 0 Å². The Labute approximate surface area is 680 Å². The molecule has 5 heterocycles. The van der Waals surface area contributed by atoms with E-state index in [4.69, 9.17) is 0 Å². The van der Waals surface area contributed by atoms with Gasteiger partial charge in [-0.15, -0.1) is 0 Å². The molecule has 0 N–H and O–H groups in total. The normalized spacial score (nSPS) is 12.1. The van der Waals surface area contributed by atoms with Crippen molar-refractivity contribution >= 4 is 88.3 Å². The number of hydrogen-bond donors (Lipinski definition) is 0. The first kappa shape index (κ1) is 92.4. The molecule has 0 spiro atoms. The molecule has 0 saturated carbocycles. The van der Waals surface area contributed by atoms with Gasteiger partial charge in [-0.05, 0) is 0 Å². The molecule has 10 aromatic rings. The summed E-state index contributed by atoms with van der Waals surface area (Å²) in [5.41, 5.74) is 31.9. The first-order chi connectivity index (χ1) is 50.1. The van der Waals surface area contributed by atoms with E-state index in [-0.39, 0.29) is 5.41 Å². The molecule has 0 unspecified atom stereocenters. The Balaban J connectivity index is 0.000000213. The summed E-state index contributed by atoms with van der Waals surface area (Å²) in [5, 5.41) is 0. The average molecular weight is 1770 g/mol. The van der Waals surface area contributed by atoms with Crippen LogP contribution < -0.4 is 44.8 Å². The molecule has 109 heavy (non-hydrogen) atoms. The molecule has 0 saturated heterocycles. The molecular weight excluding hydrogens is 1620 g/mol. The Morgan fingerprint density at radius 3 is 0.972 bits per heavy atom. The van der Waals surface area contributed by atoms with Crippen molar-refractivity contribution in [1.29, 1.82) is 0 Å². The third-order valence-corrected chi connectivity index (χ3v) is 43.7. The van der Waals surface area contributed by atoms with Crippen LogP contribution in [0.4, 0.5) is 0 Å². The van der Waals surface area contributed by atoms with E-state index < -0.39 is 66.3 Å².